The van der Waals surface area contributed by atoms with E-state index in [1.165, 1.54) is 5.69 Å². The van der Waals surface area contributed by atoms with Crippen LogP contribution in [0, 0.1) is 6.92 Å². The van der Waals surface area contributed by atoms with Gasteiger partial charge in [0.05, 0.1) is 19.4 Å². The first-order valence-corrected chi connectivity index (χ1v) is 9.52. The third kappa shape index (κ3) is 5.17. The molecule has 1 aromatic heterocycles. The molecule has 27 heavy (non-hydrogen) atoms. The Hall–Kier alpha value is -2.67. The molecule has 0 saturated carbocycles. The van der Waals surface area contributed by atoms with Crippen molar-refractivity contribution in [3.05, 3.63) is 41.7 Å². The summed E-state index contributed by atoms with van der Waals surface area (Å²) in [6.45, 7) is 11.4. The van der Waals surface area contributed by atoms with E-state index >= 15 is 0 Å². The fraction of sp³-hybridized carbons (Fsp3) is 0.450. The van der Waals surface area contributed by atoms with Gasteiger partial charge in [0.2, 0.25) is 0 Å². The molecular formula is C20H28N6O. The van der Waals surface area contributed by atoms with E-state index in [0.29, 0.717) is 5.82 Å². The molecule has 0 spiro atoms. The SMILES string of the molecule is CCN(CC)c1ccc(/C=N/Nc2cc(N3CCOCC3)nc(C)n2)cc1. The summed E-state index contributed by atoms with van der Waals surface area (Å²) in [6, 6.07) is 10.3. The van der Waals surface area contributed by atoms with Crippen molar-refractivity contribution in [2.75, 3.05) is 54.6 Å². The van der Waals surface area contributed by atoms with E-state index in [0.717, 1.165) is 56.6 Å². The van der Waals surface area contributed by atoms with E-state index in [-0.39, 0.29) is 0 Å². The number of aryl methyl sites for hydroxylation is 1. The van der Waals surface area contributed by atoms with Crippen LogP contribution in [0.3, 0.4) is 0 Å². The van der Waals surface area contributed by atoms with Gasteiger partial charge in [0.1, 0.15) is 11.6 Å². The Balaban J connectivity index is 1.64. The third-order valence-corrected chi connectivity index (χ3v) is 4.57. The largest absolute Gasteiger partial charge is 0.378 e. The number of nitrogens with one attached hydrogen (secondary N) is 1. The standard InChI is InChI=1S/C20H28N6O/c1-4-25(5-2)18-8-6-17(7-9-18)15-21-24-19-14-20(23-16(3)22-19)26-10-12-27-13-11-26/h6-9,14-15H,4-5,10-13H2,1-3H3,(H,22,23,24)/b21-15+. The molecule has 0 bridgehead atoms. The van der Waals surface area contributed by atoms with Crippen molar-refractivity contribution in [3.8, 4) is 0 Å². The lowest BCUT2D eigenvalue weighted by molar-refractivity contribution is 0.122. The molecule has 1 aliphatic rings. The van der Waals surface area contributed by atoms with Crippen molar-refractivity contribution in [1.82, 2.24) is 9.97 Å². The van der Waals surface area contributed by atoms with Gasteiger partial charge in [-0.15, -0.1) is 0 Å². The van der Waals surface area contributed by atoms with Crippen molar-refractivity contribution >= 4 is 23.5 Å². The first kappa shape index (κ1) is 19.1. The topological polar surface area (TPSA) is 65.9 Å². The highest BCUT2D eigenvalue weighted by Crippen LogP contribution is 2.17. The van der Waals surface area contributed by atoms with Crippen LogP contribution >= 0.6 is 0 Å². The maximum absolute atomic E-state index is 5.41. The molecule has 144 valence electrons. The predicted molar refractivity (Wildman–Crippen MR) is 111 cm³/mol. The van der Waals surface area contributed by atoms with Gasteiger partial charge in [-0.25, -0.2) is 9.97 Å². The van der Waals surface area contributed by atoms with Crippen molar-refractivity contribution in [2.45, 2.75) is 20.8 Å². The van der Waals surface area contributed by atoms with Crippen molar-refractivity contribution in [2.24, 2.45) is 5.10 Å². The number of hydrazone groups is 1. The lowest BCUT2D eigenvalue weighted by atomic mass is 10.2. The van der Waals surface area contributed by atoms with Crippen LogP contribution in [0.4, 0.5) is 17.3 Å². The van der Waals surface area contributed by atoms with Gasteiger partial charge in [0.25, 0.3) is 0 Å². The Labute approximate surface area is 161 Å². The summed E-state index contributed by atoms with van der Waals surface area (Å²) >= 11 is 0. The zero-order valence-electron chi connectivity index (χ0n) is 16.4. The minimum Gasteiger partial charge on any atom is -0.378 e. The monoisotopic (exact) mass is 368 g/mol. The lowest BCUT2D eigenvalue weighted by Crippen LogP contribution is -2.36. The van der Waals surface area contributed by atoms with Crippen molar-refractivity contribution < 1.29 is 4.74 Å². The molecule has 7 nitrogen and oxygen atoms in total. The Morgan fingerprint density at radius 3 is 2.52 bits per heavy atom. The predicted octanol–water partition coefficient (Wildman–Crippen LogP) is 2.91. The van der Waals surface area contributed by atoms with E-state index in [9.17, 15) is 0 Å². The zero-order valence-corrected chi connectivity index (χ0v) is 16.4. The maximum Gasteiger partial charge on any atom is 0.152 e. The van der Waals surface area contributed by atoms with Crippen LogP contribution in [0.25, 0.3) is 0 Å². The smallest absolute Gasteiger partial charge is 0.152 e. The molecule has 3 rings (SSSR count). The van der Waals surface area contributed by atoms with E-state index < -0.39 is 0 Å². The number of aromatic nitrogens is 2. The summed E-state index contributed by atoms with van der Waals surface area (Å²) in [5.41, 5.74) is 5.29. The zero-order chi connectivity index (χ0) is 19.1. The number of hydrogen-bond donors (Lipinski definition) is 1. The molecule has 1 N–H and O–H groups in total. The van der Waals surface area contributed by atoms with E-state index in [2.05, 4.69) is 68.4 Å². The number of anilines is 3. The molecule has 0 aliphatic carbocycles. The Morgan fingerprint density at radius 2 is 1.85 bits per heavy atom. The quantitative estimate of drug-likeness (QED) is 0.599. The Bertz CT molecular complexity index is 752. The molecule has 0 radical (unpaired) electrons. The van der Waals surface area contributed by atoms with Crippen LogP contribution < -0.4 is 15.2 Å². The van der Waals surface area contributed by atoms with Gasteiger partial charge in [-0.1, -0.05) is 12.1 Å². The molecule has 1 aliphatic heterocycles. The van der Waals surface area contributed by atoms with Gasteiger partial charge in [-0.2, -0.15) is 5.10 Å². The fourth-order valence-corrected chi connectivity index (χ4v) is 3.10. The van der Waals surface area contributed by atoms with Crippen LogP contribution in [-0.4, -0.2) is 55.6 Å². The first-order chi connectivity index (χ1) is 13.2. The van der Waals surface area contributed by atoms with Gasteiger partial charge in [0, 0.05) is 37.9 Å². The summed E-state index contributed by atoms with van der Waals surface area (Å²) in [5.74, 6) is 2.33. The number of morpholine rings is 1. The normalized spacial score (nSPS) is 14.6. The number of rotatable bonds is 7. The fourth-order valence-electron chi connectivity index (χ4n) is 3.10. The number of hydrogen-bond acceptors (Lipinski definition) is 7. The van der Waals surface area contributed by atoms with Crippen LogP contribution in [0.2, 0.25) is 0 Å². The second kappa shape index (κ2) is 9.32. The second-order valence-corrected chi connectivity index (χ2v) is 6.39. The van der Waals surface area contributed by atoms with E-state index in [1.54, 1.807) is 6.21 Å². The molecule has 1 aromatic carbocycles. The molecule has 1 fully saturated rings. The van der Waals surface area contributed by atoms with Gasteiger partial charge in [-0.05, 0) is 38.5 Å². The highest BCUT2D eigenvalue weighted by Gasteiger charge is 2.13. The first-order valence-electron chi connectivity index (χ1n) is 9.52. The molecular weight excluding hydrogens is 340 g/mol. The van der Waals surface area contributed by atoms with Gasteiger partial charge in [0.15, 0.2) is 5.82 Å². The molecule has 7 heteroatoms. The number of nitrogens with zero attached hydrogens (tertiary/aromatic N) is 5. The molecule has 0 unspecified atom stereocenters. The summed E-state index contributed by atoms with van der Waals surface area (Å²) in [4.78, 5) is 13.5. The average Bonchev–Trinajstić information content (AvgIpc) is 2.70. The van der Waals surface area contributed by atoms with Crippen molar-refractivity contribution in [1.29, 1.82) is 0 Å². The maximum atomic E-state index is 5.41. The second-order valence-electron chi connectivity index (χ2n) is 6.39. The highest BCUT2D eigenvalue weighted by molar-refractivity contribution is 5.80. The number of ether oxygens (including phenoxy) is 1. The molecule has 2 heterocycles. The van der Waals surface area contributed by atoms with Crippen molar-refractivity contribution in [3.63, 3.8) is 0 Å². The van der Waals surface area contributed by atoms with Gasteiger partial charge in [-0.3, -0.25) is 5.43 Å². The Morgan fingerprint density at radius 1 is 1.15 bits per heavy atom. The summed E-state index contributed by atoms with van der Waals surface area (Å²) in [5, 5.41) is 4.33. The van der Waals surface area contributed by atoms with Crippen LogP contribution in [-0.2, 0) is 4.74 Å². The van der Waals surface area contributed by atoms with Crippen LogP contribution in [0.15, 0.2) is 35.4 Å². The summed E-state index contributed by atoms with van der Waals surface area (Å²) in [7, 11) is 0. The van der Waals surface area contributed by atoms with Crippen LogP contribution in [0.1, 0.15) is 25.2 Å². The lowest BCUT2D eigenvalue weighted by Gasteiger charge is -2.28. The molecule has 0 amide bonds. The summed E-state index contributed by atoms with van der Waals surface area (Å²) < 4.78 is 5.41. The molecule has 0 atom stereocenters. The van der Waals surface area contributed by atoms with Gasteiger partial charge < -0.3 is 14.5 Å². The third-order valence-electron chi connectivity index (χ3n) is 4.57. The van der Waals surface area contributed by atoms with Gasteiger partial charge >= 0.3 is 0 Å². The Kier molecular flexibility index (Phi) is 6.59. The highest BCUT2D eigenvalue weighted by atomic mass is 16.5. The molecule has 1 saturated heterocycles. The molecule has 2 aromatic rings. The van der Waals surface area contributed by atoms with Crippen LogP contribution in [0.5, 0.6) is 0 Å². The minimum atomic E-state index is 0.694. The minimum absolute atomic E-state index is 0.694. The average molecular weight is 368 g/mol. The number of benzene rings is 1. The summed E-state index contributed by atoms with van der Waals surface area (Å²) in [6.07, 6.45) is 1.80. The van der Waals surface area contributed by atoms with E-state index in [1.807, 2.05) is 13.0 Å². The van der Waals surface area contributed by atoms with E-state index in [4.69, 9.17) is 4.74 Å².